The van der Waals surface area contributed by atoms with Crippen LogP contribution in [0.3, 0.4) is 0 Å². The molecule has 3 amide bonds. The fourth-order valence-corrected chi connectivity index (χ4v) is 3.52. The second-order valence-electron chi connectivity index (χ2n) is 7.80. The lowest BCUT2D eigenvalue weighted by Crippen LogP contribution is -2.41. The molecule has 0 bridgehead atoms. The minimum Gasteiger partial charge on any atom is -0.492 e. The molecule has 0 atom stereocenters. The number of rotatable bonds is 10. The van der Waals surface area contributed by atoms with Gasteiger partial charge in [-0.15, -0.1) is 0 Å². The number of anilines is 1. The molecule has 0 radical (unpaired) electrons. The fraction of sp³-hybridized carbons (Fsp3) is 0.375. The Morgan fingerprint density at radius 2 is 1.59 bits per heavy atom. The van der Waals surface area contributed by atoms with Crippen LogP contribution < -0.4 is 20.9 Å². The summed E-state index contributed by atoms with van der Waals surface area (Å²) >= 11 is 3.43. The van der Waals surface area contributed by atoms with Gasteiger partial charge in [0.25, 0.3) is 11.8 Å². The van der Waals surface area contributed by atoms with E-state index in [0.717, 1.165) is 25.7 Å². The van der Waals surface area contributed by atoms with Gasteiger partial charge in [-0.2, -0.15) is 0 Å². The fourth-order valence-electron chi connectivity index (χ4n) is 3.02. The van der Waals surface area contributed by atoms with Gasteiger partial charge in [0, 0.05) is 22.7 Å². The topological polar surface area (TPSA) is 96.5 Å². The van der Waals surface area contributed by atoms with Crippen molar-refractivity contribution in [2.24, 2.45) is 5.92 Å². The van der Waals surface area contributed by atoms with Crippen molar-refractivity contribution < 1.29 is 19.1 Å². The average Bonchev–Trinajstić information content (AvgIpc) is 3.64. The lowest BCUT2D eigenvalue weighted by Gasteiger charge is -2.11. The summed E-state index contributed by atoms with van der Waals surface area (Å²) in [6, 6.07) is 11.5. The van der Waals surface area contributed by atoms with Crippen molar-refractivity contribution >= 4 is 39.3 Å². The Kier molecular flexibility index (Phi) is 8.67. The molecule has 3 rings (SSSR count). The molecule has 1 aliphatic rings. The van der Waals surface area contributed by atoms with Gasteiger partial charge in [0.15, 0.2) is 0 Å². The molecular weight excluding hydrogens is 474 g/mol. The van der Waals surface area contributed by atoms with Crippen LogP contribution in [-0.4, -0.2) is 24.3 Å². The van der Waals surface area contributed by atoms with Crippen molar-refractivity contribution in [3.63, 3.8) is 0 Å². The summed E-state index contributed by atoms with van der Waals surface area (Å²) in [6.45, 7) is 2.79. The lowest BCUT2D eigenvalue weighted by atomic mass is 10.2. The largest absolute Gasteiger partial charge is 0.492 e. The van der Waals surface area contributed by atoms with Crippen molar-refractivity contribution in [1.82, 2.24) is 10.9 Å². The van der Waals surface area contributed by atoms with Crippen LogP contribution in [0.1, 0.15) is 66.2 Å². The van der Waals surface area contributed by atoms with E-state index < -0.39 is 11.8 Å². The second kappa shape index (κ2) is 11.7. The summed E-state index contributed by atoms with van der Waals surface area (Å²) in [4.78, 5) is 36.5. The molecule has 2 aromatic rings. The van der Waals surface area contributed by atoms with Crippen molar-refractivity contribution in [1.29, 1.82) is 0 Å². The van der Waals surface area contributed by atoms with Crippen LogP contribution >= 0.6 is 15.9 Å². The number of carbonyl (C=O) groups is 3. The highest BCUT2D eigenvalue weighted by atomic mass is 79.9. The number of nitrogens with one attached hydrogen (secondary N) is 3. The van der Waals surface area contributed by atoms with Gasteiger partial charge in [-0.1, -0.05) is 26.2 Å². The lowest BCUT2D eigenvalue weighted by molar-refractivity contribution is -0.117. The van der Waals surface area contributed by atoms with E-state index in [-0.39, 0.29) is 11.8 Å². The Labute approximate surface area is 196 Å². The van der Waals surface area contributed by atoms with E-state index >= 15 is 0 Å². The van der Waals surface area contributed by atoms with Crippen LogP contribution in [0.4, 0.5) is 5.69 Å². The SMILES string of the molecule is CCCCCCOc1ccc(C(=O)NNC(=O)c2ccc(NC(=O)C3CC3)cc2)cc1Br. The zero-order valence-electron chi connectivity index (χ0n) is 18.1. The van der Waals surface area contributed by atoms with E-state index in [2.05, 4.69) is 39.0 Å². The minimum atomic E-state index is -0.454. The molecule has 0 aliphatic heterocycles. The molecule has 0 aromatic heterocycles. The first-order valence-corrected chi connectivity index (χ1v) is 11.7. The molecule has 3 N–H and O–H groups in total. The maximum absolute atomic E-state index is 12.4. The molecule has 32 heavy (non-hydrogen) atoms. The zero-order valence-corrected chi connectivity index (χ0v) is 19.7. The van der Waals surface area contributed by atoms with Gasteiger partial charge in [-0.25, -0.2) is 0 Å². The summed E-state index contributed by atoms with van der Waals surface area (Å²) in [5.74, 6) is -0.101. The summed E-state index contributed by atoms with van der Waals surface area (Å²) in [5, 5.41) is 2.82. The number of hydrogen-bond donors (Lipinski definition) is 3. The first-order chi connectivity index (χ1) is 15.5. The van der Waals surface area contributed by atoms with E-state index in [4.69, 9.17) is 4.74 Å². The molecule has 170 valence electrons. The van der Waals surface area contributed by atoms with Gasteiger partial charge in [0.2, 0.25) is 5.91 Å². The Bertz CT molecular complexity index is 958. The van der Waals surface area contributed by atoms with E-state index in [9.17, 15) is 14.4 Å². The van der Waals surface area contributed by atoms with E-state index in [0.29, 0.717) is 33.6 Å². The van der Waals surface area contributed by atoms with Crippen LogP contribution in [0.15, 0.2) is 46.9 Å². The van der Waals surface area contributed by atoms with Crippen LogP contribution in [0.2, 0.25) is 0 Å². The number of ether oxygens (including phenoxy) is 1. The third kappa shape index (κ3) is 7.09. The highest BCUT2D eigenvalue weighted by Gasteiger charge is 2.29. The van der Waals surface area contributed by atoms with Gasteiger partial charge in [0.05, 0.1) is 11.1 Å². The first kappa shape index (κ1) is 23.8. The number of hydrazine groups is 1. The number of unbranched alkanes of at least 4 members (excludes halogenated alkanes) is 3. The first-order valence-electron chi connectivity index (χ1n) is 10.9. The number of amides is 3. The Morgan fingerprint density at radius 1 is 0.938 bits per heavy atom. The molecular formula is C24H28BrN3O4. The third-order valence-electron chi connectivity index (χ3n) is 5.10. The van der Waals surface area contributed by atoms with E-state index in [1.54, 1.807) is 42.5 Å². The van der Waals surface area contributed by atoms with Crippen LogP contribution in [0, 0.1) is 5.92 Å². The molecule has 1 saturated carbocycles. The minimum absolute atomic E-state index is 0.00790. The highest BCUT2D eigenvalue weighted by Crippen LogP contribution is 2.30. The van der Waals surface area contributed by atoms with Crippen molar-refractivity contribution in [2.45, 2.75) is 45.4 Å². The number of hydrogen-bond acceptors (Lipinski definition) is 4. The maximum atomic E-state index is 12.4. The Balaban J connectivity index is 1.46. The predicted molar refractivity (Wildman–Crippen MR) is 127 cm³/mol. The van der Waals surface area contributed by atoms with Crippen molar-refractivity contribution in [3.8, 4) is 5.75 Å². The highest BCUT2D eigenvalue weighted by molar-refractivity contribution is 9.10. The molecule has 8 heteroatoms. The molecule has 0 saturated heterocycles. The summed E-state index contributed by atoms with van der Waals surface area (Å²) in [7, 11) is 0. The molecule has 0 unspecified atom stereocenters. The predicted octanol–water partition coefficient (Wildman–Crippen LogP) is 4.83. The molecule has 0 spiro atoms. The second-order valence-corrected chi connectivity index (χ2v) is 8.66. The normalized spacial score (nSPS) is 12.7. The van der Waals surface area contributed by atoms with Gasteiger partial charge in [0.1, 0.15) is 5.75 Å². The summed E-state index contributed by atoms with van der Waals surface area (Å²) in [5.41, 5.74) is 6.20. The van der Waals surface area contributed by atoms with Gasteiger partial charge >= 0.3 is 0 Å². The van der Waals surface area contributed by atoms with Crippen LogP contribution in [0.5, 0.6) is 5.75 Å². The summed E-state index contributed by atoms with van der Waals surface area (Å²) in [6.07, 6.45) is 6.34. The zero-order chi connectivity index (χ0) is 22.9. The van der Waals surface area contributed by atoms with Gasteiger partial charge in [-0.3, -0.25) is 25.2 Å². The van der Waals surface area contributed by atoms with Gasteiger partial charge < -0.3 is 10.1 Å². The molecule has 7 nitrogen and oxygen atoms in total. The smallest absolute Gasteiger partial charge is 0.269 e. The van der Waals surface area contributed by atoms with Crippen LogP contribution in [0.25, 0.3) is 0 Å². The maximum Gasteiger partial charge on any atom is 0.269 e. The third-order valence-corrected chi connectivity index (χ3v) is 5.72. The summed E-state index contributed by atoms with van der Waals surface area (Å²) < 4.78 is 6.43. The van der Waals surface area contributed by atoms with E-state index in [1.807, 2.05) is 0 Å². The number of halogens is 1. The number of carbonyl (C=O) groups excluding carboxylic acids is 3. The van der Waals surface area contributed by atoms with Crippen molar-refractivity contribution in [3.05, 3.63) is 58.1 Å². The Morgan fingerprint density at radius 3 is 2.22 bits per heavy atom. The molecule has 2 aromatic carbocycles. The standard InChI is InChI=1S/C24H28BrN3O4/c1-2-3-4-5-14-32-21-13-10-18(15-20(21)25)24(31)28-27-23(30)17-8-11-19(12-9-17)26-22(29)16-6-7-16/h8-13,15-16H,2-7,14H2,1H3,(H,26,29)(H,27,30)(H,28,31). The van der Waals surface area contributed by atoms with E-state index in [1.165, 1.54) is 12.8 Å². The monoisotopic (exact) mass is 501 g/mol. The molecule has 1 fully saturated rings. The molecule has 1 aliphatic carbocycles. The van der Waals surface area contributed by atoms with Gasteiger partial charge in [-0.05, 0) is 77.7 Å². The molecule has 0 heterocycles. The van der Waals surface area contributed by atoms with Crippen LogP contribution in [-0.2, 0) is 4.79 Å². The van der Waals surface area contributed by atoms with Crippen molar-refractivity contribution in [2.75, 3.05) is 11.9 Å². The average molecular weight is 502 g/mol. The Hall–Kier alpha value is -2.87. The quantitative estimate of drug-likeness (QED) is 0.320. The number of benzene rings is 2.